The van der Waals surface area contributed by atoms with Crippen molar-refractivity contribution in [3.8, 4) is 11.5 Å². The van der Waals surface area contributed by atoms with Crippen LogP contribution >= 0.6 is 0 Å². The number of phenolic OH excluding ortho intramolecular Hbond substituents is 2. The summed E-state index contributed by atoms with van der Waals surface area (Å²) in [6.07, 6.45) is 1.75. The number of phenols is 2. The summed E-state index contributed by atoms with van der Waals surface area (Å²) in [5, 5.41) is 24.0. The van der Waals surface area contributed by atoms with Crippen molar-refractivity contribution in [1.82, 2.24) is 10.3 Å². The fourth-order valence-electron chi connectivity index (χ4n) is 2.73. The van der Waals surface area contributed by atoms with Gasteiger partial charge in [-0.2, -0.15) is 0 Å². The molecule has 0 spiro atoms. The molecule has 1 aromatic heterocycles. The van der Waals surface area contributed by atoms with Gasteiger partial charge >= 0.3 is 0 Å². The Morgan fingerprint density at radius 2 is 1.67 bits per heavy atom. The van der Waals surface area contributed by atoms with E-state index in [1.807, 2.05) is 49.4 Å². The molecule has 0 aliphatic carbocycles. The summed E-state index contributed by atoms with van der Waals surface area (Å²) in [5.74, 6) is 0.388. The summed E-state index contributed by atoms with van der Waals surface area (Å²) in [5.41, 5.74) is 3.38. The molecule has 0 bridgehead atoms. The molecule has 0 saturated carbocycles. The molecule has 1 atom stereocenters. The Bertz CT molecular complexity index is 819. The summed E-state index contributed by atoms with van der Waals surface area (Å²) in [7, 11) is 0. The van der Waals surface area contributed by atoms with Crippen LogP contribution in [0.2, 0.25) is 0 Å². The van der Waals surface area contributed by atoms with Gasteiger partial charge in [-0.15, -0.1) is 0 Å². The van der Waals surface area contributed by atoms with Gasteiger partial charge in [-0.1, -0.05) is 42.0 Å². The van der Waals surface area contributed by atoms with Crippen LogP contribution in [-0.4, -0.2) is 15.2 Å². The molecule has 0 aliphatic heterocycles. The predicted octanol–water partition coefficient (Wildman–Crippen LogP) is 3.68. The van der Waals surface area contributed by atoms with Gasteiger partial charge in [0.15, 0.2) is 0 Å². The third kappa shape index (κ3) is 3.55. The maximum Gasteiger partial charge on any atom is 0.120 e. The van der Waals surface area contributed by atoms with Crippen molar-refractivity contribution < 1.29 is 10.2 Å². The number of aromatic nitrogens is 1. The van der Waals surface area contributed by atoms with Crippen LogP contribution in [0, 0.1) is 6.92 Å². The first-order valence-corrected chi connectivity index (χ1v) is 7.86. The summed E-state index contributed by atoms with van der Waals surface area (Å²) in [6.45, 7) is 2.50. The number of benzene rings is 2. The van der Waals surface area contributed by atoms with Gasteiger partial charge in [0, 0.05) is 23.9 Å². The van der Waals surface area contributed by atoms with Crippen LogP contribution in [0.5, 0.6) is 11.5 Å². The second-order valence-corrected chi connectivity index (χ2v) is 5.76. The minimum absolute atomic E-state index is 0.192. The van der Waals surface area contributed by atoms with Crippen molar-refractivity contribution in [2.24, 2.45) is 0 Å². The minimum Gasteiger partial charge on any atom is -0.508 e. The summed E-state index contributed by atoms with van der Waals surface area (Å²) >= 11 is 0. The van der Waals surface area contributed by atoms with Gasteiger partial charge in [-0.05, 0) is 31.2 Å². The van der Waals surface area contributed by atoms with Crippen molar-refractivity contribution in [1.29, 1.82) is 0 Å². The molecule has 3 rings (SSSR count). The monoisotopic (exact) mass is 320 g/mol. The summed E-state index contributed by atoms with van der Waals surface area (Å²) in [6, 6.07) is 18.0. The maximum absolute atomic E-state index is 10.3. The quantitative estimate of drug-likeness (QED) is 0.671. The van der Waals surface area contributed by atoms with Crippen molar-refractivity contribution in [2.75, 3.05) is 0 Å². The van der Waals surface area contributed by atoms with E-state index in [1.54, 1.807) is 24.4 Å². The maximum atomic E-state index is 10.3. The number of para-hydroxylation sites is 1. The Labute approximate surface area is 141 Å². The van der Waals surface area contributed by atoms with E-state index in [-0.39, 0.29) is 17.5 Å². The Morgan fingerprint density at radius 1 is 0.917 bits per heavy atom. The third-order valence-corrected chi connectivity index (χ3v) is 3.96. The van der Waals surface area contributed by atoms with E-state index in [2.05, 4.69) is 10.3 Å². The van der Waals surface area contributed by atoms with Gasteiger partial charge in [0.1, 0.15) is 11.5 Å². The van der Waals surface area contributed by atoms with E-state index in [1.165, 1.54) is 0 Å². The van der Waals surface area contributed by atoms with Crippen molar-refractivity contribution in [2.45, 2.75) is 19.5 Å². The Kier molecular flexibility index (Phi) is 4.77. The van der Waals surface area contributed by atoms with Gasteiger partial charge in [0.05, 0.1) is 11.7 Å². The van der Waals surface area contributed by atoms with Crippen LogP contribution in [0.4, 0.5) is 0 Å². The highest BCUT2D eigenvalue weighted by atomic mass is 16.3. The van der Waals surface area contributed by atoms with E-state index in [4.69, 9.17) is 0 Å². The van der Waals surface area contributed by atoms with Crippen molar-refractivity contribution in [3.63, 3.8) is 0 Å². The van der Waals surface area contributed by atoms with Crippen LogP contribution < -0.4 is 5.32 Å². The Balaban J connectivity index is 1.98. The van der Waals surface area contributed by atoms with Gasteiger partial charge in [-0.3, -0.25) is 4.98 Å². The molecule has 122 valence electrons. The number of aryl methyl sites for hydroxylation is 1. The zero-order valence-corrected chi connectivity index (χ0v) is 13.5. The average Bonchev–Trinajstić information content (AvgIpc) is 2.60. The van der Waals surface area contributed by atoms with Crippen LogP contribution in [0.15, 0.2) is 66.9 Å². The number of nitrogens with one attached hydrogen (secondary N) is 1. The van der Waals surface area contributed by atoms with E-state index in [0.29, 0.717) is 12.1 Å². The lowest BCUT2D eigenvalue weighted by Crippen LogP contribution is -2.23. The lowest BCUT2D eigenvalue weighted by atomic mass is 9.95. The zero-order chi connectivity index (χ0) is 16.9. The highest BCUT2D eigenvalue weighted by Gasteiger charge is 2.20. The second kappa shape index (κ2) is 7.15. The number of aromatic hydroxyl groups is 2. The van der Waals surface area contributed by atoms with Gasteiger partial charge in [0.25, 0.3) is 0 Å². The van der Waals surface area contributed by atoms with Gasteiger partial charge < -0.3 is 15.5 Å². The molecule has 3 aromatic rings. The average molecular weight is 320 g/mol. The molecular weight excluding hydrogens is 300 g/mol. The predicted molar refractivity (Wildman–Crippen MR) is 93.9 cm³/mol. The Hall–Kier alpha value is -2.85. The summed E-state index contributed by atoms with van der Waals surface area (Å²) in [4.78, 5) is 4.31. The second-order valence-electron chi connectivity index (χ2n) is 5.76. The minimum atomic E-state index is -0.340. The molecule has 0 radical (unpaired) electrons. The van der Waals surface area contributed by atoms with Gasteiger partial charge in [-0.25, -0.2) is 0 Å². The molecule has 0 amide bonds. The van der Waals surface area contributed by atoms with Gasteiger partial charge in [0.2, 0.25) is 0 Å². The molecule has 24 heavy (non-hydrogen) atoms. The standard InChI is InChI=1S/C20H20N2O2/c1-14-9-10-19(24)17(12-14)20(16-7-2-3-8-18(16)23)22-13-15-6-4-5-11-21-15/h2-12,20,22-24H,13H2,1H3. The SMILES string of the molecule is Cc1ccc(O)c(C(NCc2ccccn2)c2ccccc2O)c1. The molecular formula is C20H20N2O2. The molecule has 0 fully saturated rings. The zero-order valence-electron chi connectivity index (χ0n) is 13.5. The number of pyridine rings is 1. The van der Waals surface area contributed by atoms with E-state index >= 15 is 0 Å². The molecule has 1 unspecified atom stereocenters. The molecule has 0 aliphatic rings. The third-order valence-electron chi connectivity index (χ3n) is 3.96. The van der Waals surface area contributed by atoms with Crippen LogP contribution in [0.1, 0.15) is 28.4 Å². The molecule has 3 N–H and O–H groups in total. The van der Waals surface area contributed by atoms with Crippen molar-refractivity contribution in [3.05, 3.63) is 89.2 Å². The highest BCUT2D eigenvalue weighted by Crippen LogP contribution is 2.34. The topological polar surface area (TPSA) is 65.4 Å². The number of rotatable bonds is 5. The lowest BCUT2D eigenvalue weighted by molar-refractivity contribution is 0.441. The van der Waals surface area contributed by atoms with Crippen LogP contribution in [0.25, 0.3) is 0 Å². The van der Waals surface area contributed by atoms with Crippen LogP contribution in [-0.2, 0) is 6.54 Å². The van der Waals surface area contributed by atoms with Crippen molar-refractivity contribution >= 4 is 0 Å². The first-order valence-electron chi connectivity index (χ1n) is 7.86. The fourth-order valence-corrected chi connectivity index (χ4v) is 2.73. The first kappa shape index (κ1) is 16.0. The lowest BCUT2D eigenvalue weighted by Gasteiger charge is -2.22. The normalized spacial score (nSPS) is 12.0. The fraction of sp³-hybridized carbons (Fsp3) is 0.150. The number of hydrogen-bond donors (Lipinski definition) is 3. The summed E-state index contributed by atoms with van der Waals surface area (Å²) < 4.78 is 0. The first-order chi connectivity index (χ1) is 11.6. The molecule has 4 nitrogen and oxygen atoms in total. The number of hydrogen-bond acceptors (Lipinski definition) is 4. The molecule has 2 aromatic carbocycles. The highest BCUT2D eigenvalue weighted by molar-refractivity contribution is 5.46. The van der Waals surface area contributed by atoms with E-state index in [9.17, 15) is 10.2 Å². The Morgan fingerprint density at radius 3 is 2.42 bits per heavy atom. The largest absolute Gasteiger partial charge is 0.508 e. The number of nitrogens with zero attached hydrogens (tertiary/aromatic N) is 1. The van der Waals surface area contributed by atoms with Crippen LogP contribution in [0.3, 0.4) is 0 Å². The molecule has 4 heteroatoms. The molecule has 0 saturated heterocycles. The van der Waals surface area contributed by atoms with E-state index < -0.39 is 0 Å². The molecule has 1 heterocycles. The smallest absolute Gasteiger partial charge is 0.120 e. The van der Waals surface area contributed by atoms with E-state index in [0.717, 1.165) is 16.8 Å².